The molecule has 6 heteroatoms. The van der Waals surface area contributed by atoms with E-state index in [4.69, 9.17) is 15.6 Å². The van der Waals surface area contributed by atoms with Gasteiger partial charge in [0.1, 0.15) is 12.6 Å². The molecule has 1 aliphatic heterocycles. The topological polar surface area (TPSA) is 92.9 Å². The van der Waals surface area contributed by atoms with Crippen molar-refractivity contribution in [2.75, 3.05) is 26.2 Å². The molecule has 6 nitrogen and oxygen atoms in total. The predicted molar refractivity (Wildman–Crippen MR) is 47.6 cm³/mol. The van der Waals surface area contributed by atoms with Crippen LogP contribution in [0.5, 0.6) is 0 Å². The molecule has 0 radical (unpaired) electrons. The predicted octanol–water partition coefficient (Wildman–Crippen LogP) is -1.35. The van der Waals surface area contributed by atoms with Gasteiger partial charge in [0.25, 0.3) is 0 Å². The third kappa shape index (κ3) is 3.31. The molecule has 0 bridgehead atoms. The van der Waals surface area contributed by atoms with E-state index in [1.54, 1.807) is 0 Å². The molecule has 1 atom stereocenters. The summed E-state index contributed by atoms with van der Waals surface area (Å²) in [7, 11) is 0. The summed E-state index contributed by atoms with van der Waals surface area (Å²) < 4.78 is 4.81. The van der Waals surface area contributed by atoms with Crippen molar-refractivity contribution in [2.24, 2.45) is 5.73 Å². The monoisotopic (exact) mass is 202 g/mol. The van der Waals surface area contributed by atoms with Gasteiger partial charge in [-0.25, -0.2) is 0 Å². The first-order valence-corrected chi connectivity index (χ1v) is 4.46. The lowest BCUT2D eigenvalue weighted by atomic mass is 10.3. The van der Waals surface area contributed by atoms with Crippen molar-refractivity contribution in [1.82, 2.24) is 4.90 Å². The van der Waals surface area contributed by atoms with Crippen LogP contribution in [0.2, 0.25) is 0 Å². The molecule has 0 amide bonds. The second-order valence-corrected chi connectivity index (χ2v) is 3.22. The first-order chi connectivity index (χ1) is 6.59. The molecule has 1 heterocycles. The lowest BCUT2D eigenvalue weighted by Crippen LogP contribution is -2.43. The molecule has 3 N–H and O–H groups in total. The first kappa shape index (κ1) is 10.9. The summed E-state index contributed by atoms with van der Waals surface area (Å²) in [4.78, 5) is 23.1. The maximum absolute atomic E-state index is 10.9. The Balaban J connectivity index is 2.37. The van der Waals surface area contributed by atoms with Gasteiger partial charge in [-0.3, -0.25) is 14.5 Å². The number of cyclic esters (lactones) is 1. The molecule has 1 unspecified atom stereocenters. The molecule has 0 aliphatic carbocycles. The van der Waals surface area contributed by atoms with Gasteiger partial charge < -0.3 is 15.6 Å². The zero-order chi connectivity index (χ0) is 10.6. The van der Waals surface area contributed by atoms with Crippen LogP contribution in [0.1, 0.15) is 6.42 Å². The Morgan fingerprint density at radius 3 is 3.00 bits per heavy atom. The smallest absolute Gasteiger partial charge is 0.321 e. The Labute approximate surface area is 81.6 Å². The standard InChI is InChI=1S/C8H14N2O4/c9-6(8(12)13)5-10-2-1-7(11)14-4-3-10/h6H,1-5,9H2,(H,12,13). The lowest BCUT2D eigenvalue weighted by molar-refractivity contribution is -0.142. The van der Waals surface area contributed by atoms with Gasteiger partial charge in [0.05, 0.1) is 6.42 Å². The molecule has 1 fully saturated rings. The minimum atomic E-state index is -1.03. The Hall–Kier alpha value is -1.14. The van der Waals surface area contributed by atoms with E-state index in [1.807, 2.05) is 4.90 Å². The minimum absolute atomic E-state index is 0.239. The minimum Gasteiger partial charge on any atom is -0.480 e. The van der Waals surface area contributed by atoms with E-state index < -0.39 is 12.0 Å². The highest BCUT2D eigenvalue weighted by Crippen LogP contribution is 2.00. The van der Waals surface area contributed by atoms with Gasteiger partial charge in [-0.15, -0.1) is 0 Å². The number of aliphatic carboxylic acids is 1. The van der Waals surface area contributed by atoms with Gasteiger partial charge in [-0.1, -0.05) is 0 Å². The molecular weight excluding hydrogens is 188 g/mol. The van der Waals surface area contributed by atoms with Gasteiger partial charge in [-0.05, 0) is 0 Å². The van der Waals surface area contributed by atoms with E-state index in [2.05, 4.69) is 0 Å². The van der Waals surface area contributed by atoms with Crippen LogP contribution in [-0.4, -0.2) is 54.2 Å². The highest BCUT2D eigenvalue weighted by Gasteiger charge is 2.19. The van der Waals surface area contributed by atoms with E-state index in [0.717, 1.165) is 0 Å². The SMILES string of the molecule is NC(CN1CCOC(=O)CC1)C(=O)O. The van der Waals surface area contributed by atoms with Gasteiger partial charge in [0, 0.05) is 19.6 Å². The number of carboxylic acids is 1. The van der Waals surface area contributed by atoms with Crippen molar-refractivity contribution in [1.29, 1.82) is 0 Å². The number of rotatable bonds is 3. The van der Waals surface area contributed by atoms with Gasteiger partial charge in [-0.2, -0.15) is 0 Å². The summed E-state index contributed by atoms with van der Waals surface area (Å²) >= 11 is 0. The van der Waals surface area contributed by atoms with E-state index in [0.29, 0.717) is 26.1 Å². The number of hydrogen-bond donors (Lipinski definition) is 2. The maximum atomic E-state index is 10.9. The second kappa shape index (κ2) is 4.92. The highest BCUT2D eigenvalue weighted by molar-refractivity contribution is 5.73. The van der Waals surface area contributed by atoms with Crippen LogP contribution in [0.3, 0.4) is 0 Å². The van der Waals surface area contributed by atoms with E-state index in [-0.39, 0.29) is 12.5 Å². The Morgan fingerprint density at radius 2 is 2.36 bits per heavy atom. The van der Waals surface area contributed by atoms with Crippen molar-refractivity contribution in [2.45, 2.75) is 12.5 Å². The molecule has 0 aromatic heterocycles. The molecular formula is C8H14N2O4. The summed E-state index contributed by atoms with van der Waals surface area (Å²) in [5.74, 6) is -1.27. The number of carbonyl (C=O) groups is 2. The van der Waals surface area contributed by atoms with Crippen molar-refractivity contribution < 1.29 is 19.4 Å². The summed E-state index contributed by atoms with van der Waals surface area (Å²) in [6, 6.07) is -0.900. The largest absolute Gasteiger partial charge is 0.480 e. The van der Waals surface area contributed by atoms with Crippen LogP contribution >= 0.6 is 0 Å². The summed E-state index contributed by atoms with van der Waals surface area (Å²) in [5.41, 5.74) is 5.37. The van der Waals surface area contributed by atoms with Crippen LogP contribution in [0.25, 0.3) is 0 Å². The Kier molecular flexibility index (Phi) is 3.84. The molecule has 0 spiro atoms. The number of carboxylic acid groups (broad SMARTS) is 1. The van der Waals surface area contributed by atoms with Crippen LogP contribution < -0.4 is 5.73 Å². The van der Waals surface area contributed by atoms with Crippen LogP contribution in [0.4, 0.5) is 0 Å². The first-order valence-electron chi connectivity index (χ1n) is 4.46. The third-order valence-corrected chi connectivity index (χ3v) is 2.07. The molecule has 80 valence electrons. The Bertz CT molecular complexity index is 231. The molecule has 1 saturated heterocycles. The summed E-state index contributed by atoms with van der Waals surface area (Å²) in [5, 5.41) is 8.59. The zero-order valence-electron chi connectivity index (χ0n) is 7.81. The van der Waals surface area contributed by atoms with Gasteiger partial charge >= 0.3 is 11.9 Å². The molecule has 1 aliphatic rings. The van der Waals surface area contributed by atoms with Gasteiger partial charge in [0.2, 0.25) is 0 Å². The maximum Gasteiger partial charge on any atom is 0.321 e. The second-order valence-electron chi connectivity index (χ2n) is 3.22. The van der Waals surface area contributed by atoms with Crippen LogP contribution in [0, 0.1) is 0 Å². The quantitative estimate of drug-likeness (QED) is 0.549. The summed E-state index contributed by atoms with van der Waals surface area (Å²) in [6.45, 7) is 1.63. The highest BCUT2D eigenvalue weighted by atomic mass is 16.5. The lowest BCUT2D eigenvalue weighted by Gasteiger charge is -2.20. The number of esters is 1. The fourth-order valence-corrected chi connectivity index (χ4v) is 1.26. The van der Waals surface area contributed by atoms with Crippen molar-refractivity contribution in [3.05, 3.63) is 0 Å². The van der Waals surface area contributed by atoms with Crippen LogP contribution in [0.15, 0.2) is 0 Å². The fourth-order valence-electron chi connectivity index (χ4n) is 1.26. The molecule has 0 aromatic carbocycles. The molecule has 0 saturated carbocycles. The van der Waals surface area contributed by atoms with E-state index >= 15 is 0 Å². The molecule has 14 heavy (non-hydrogen) atoms. The van der Waals surface area contributed by atoms with E-state index in [9.17, 15) is 9.59 Å². The molecule has 0 aromatic rings. The van der Waals surface area contributed by atoms with E-state index in [1.165, 1.54) is 0 Å². The number of nitrogens with two attached hydrogens (primary N) is 1. The van der Waals surface area contributed by atoms with Crippen molar-refractivity contribution >= 4 is 11.9 Å². The third-order valence-electron chi connectivity index (χ3n) is 2.07. The average molecular weight is 202 g/mol. The number of hydrogen-bond acceptors (Lipinski definition) is 5. The number of nitrogens with zero attached hydrogens (tertiary/aromatic N) is 1. The fraction of sp³-hybridized carbons (Fsp3) is 0.750. The summed E-state index contributed by atoms with van der Waals surface area (Å²) in [6.07, 6.45) is 0.298. The van der Waals surface area contributed by atoms with Crippen molar-refractivity contribution in [3.63, 3.8) is 0 Å². The normalized spacial score (nSPS) is 21.1. The number of ether oxygens (including phenoxy) is 1. The molecule has 1 rings (SSSR count). The Morgan fingerprint density at radius 1 is 1.64 bits per heavy atom. The zero-order valence-corrected chi connectivity index (χ0v) is 7.81. The average Bonchev–Trinajstić information content (AvgIpc) is 2.31. The van der Waals surface area contributed by atoms with Crippen LogP contribution in [-0.2, 0) is 14.3 Å². The van der Waals surface area contributed by atoms with Gasteiger partial charge in [0.15, 0.2) is 0 Å². The van der Waals surface area contributed by atoms with Crippen molar-refractivity contribution in [3.8, 4) is 0 Å². The number of carbonyl (C=O) groups excluding carboxylic acids is 1.